The summed E-state index contributed by atoms with van der Waals surface area (Å²) in [6, 6.07) is 0. The average Bonchev–Trinajstić information content (AvgIpc) is 2.37. The Kier molecular flexibility index (Phi) is 15.4. The minimum absolute atomic E-state index is 0.0311. The van der Waals surface area contributed by atoms with Gasteiger partial charge in [-0.2, -0.15) is 0 Å². The third-order valence-corrected chi connectivity index (χ3v) is 3.03. The SMILES string of the molecule is CC.CC.CNC(=O)CCNCC(C)(C)C(C)(C)O. The molecule has 0 fully saturated rings. The van der Waals surface area contributed by atoms with Gasteiger partial charge in [0.25, 0.3) is 0 Å². The number of carbonyl (C=O) groups excluding carboxylic acids is 1. The predicted octanol–water partition coefficient (Wildman–Crippen LogP) is 2.56. The van der Waals surface area contributed by atoms with Gasteiger partial charge in [-0.15, -0.1) is 0 Å². The van der Waals surface area contributed by atoms with Crippen LogP contribution in [0.2, 0.25) is 0 Å². The van der Waals surface area contributed by atoms with Crippen molar-refractivity contribution in [3.05, 3.63) is 0 Å². The molecule has 0 heterocycles. The lowest BCUT2D eigenvalue weighted by molar-refractivity contribution is -0.120. The zero-order valence-corrected chi connectivity index (χ0v) is 14.5. The fourth-order valence-corrected chi connectivity index (χ4v) is 0.944. The molecule has 0 aromatic heterocycles. The monoisotopic (exact) mass is 276 g/mol. The van der Waals surface area contributed by atoms with E-state index in [9.17, 15) is 9.90 Å². The van der Waals surface area contributed by atoms with Crippen LogP contribution in [-0.2, 0) is 4.79 Å². The van der Waals surface area contributed by atoms with Gasteiger partial charge in [0.15, 0.2) is 0 Å². The highest BCUT2D eigenvalue weighted by Gasteiger charge is 2.34. The first-order valence-electron chi connectivity index (χ1n) is 7.34. The summed E-state index contributed by atoms with van der Waals surface area (Å²) in [5.41, 5.74) is -0.942. The summed E-state index contributed by atoms with van der Waals surface area (Å²) >= 11 is 0. The highest BCUT2D eigenvalue weighted by molar-refractivity contribution is 5.75. The van der Waals surface area contributed by atoms with E-state index in [1.165, 1.54) is 0 Å². The second kappa shape index (κ2) is 12.4. The van der Waals surface area contributed by atoms with E-state index >= 15 is 0 Å². The molecule has 1 amide bonds. The molecular formula is C15H36N2O2. The van der Waals surface area contributed by atoms with Crippen LogP contribution in [0.1, 0.15) is 61.8 Å². The first-order valence-corrected chi connectivity index (χ1v) is 7.34. The smallest absolute Gasteiger partial charge is 0.221 e. The van der Waals surface area contributed by atoms with Crippen LogP contribution in [0, 0.1) is 5.41 Å². The molecule has 0 aromatic rings. The lowest BCUT2D eigenvalue weighted by Gasteiger charge is -2.37. The minimum atomic E-state index is -0.729. The van der Waals surface area contributed by atoms with Gasteiger partial charge in [0.1, 0.15) is 0 Å². The van der Waals surface area contributed by atoms with E-state index in [4.69, 9.17) is 0 Å². The summed E-state index contributed by atoms with van der Waals surface area (Å²) in [6.45, 7) is 16.9. The Balaban J connectivity index is -0.000000579. The Hall–Kier alpha value is -0.610. The van der Waals surface area contributed by atoms with Crippen LogP contribution in [0.15, 0.2) is 0 Å². The van der Waals surface area contributed by atoms with E-state index in [0.29, 0.717) is 19.5 Å². The summed E-state index contributed by atoms with van der Waals surface area (Å²) in [5.74, 6) is 0.0311. The maximum Gasteiger partial charge on any atom is 0.221 e. The van der Waals surface area contributed by atoms with Gasteiger partial charge in [0.2, 0.25) is 5.91 Å². The Morgan fingerprint density at radius 1 is 1.05 bits per heavy atom. The van der Waals surface area contributed by atoms with E-state index in [-0.39, 0.29) is 11.3 Å². The van der Waals surface area contributed by atoms with Crippen molar-refractivity contribution >= 4 is 5.91 Å². The number of hydrogen-bond acceptors (Lipinski definition) is 3. The lowest BCUT2D eigenvalue weighted by atomic mass is 9.77. The molecule has 19 heavy (non-hydrogen) atoms. The van der Waals surface area contributed by atoms with E-state index in [1.54, 1.807) is 20.9 Å². The van der Waals surface area contributed by atoms with E-state index in [2.05, 4.69) is 10.6 Å². The Labute approximate surface area is 120 Å². The van der Waals surface area contributed by atoms with Gasteiger partial charge in [0.05, 0.1) is 5.60 Å². The van der Waals surface area contributed by atoms with Crippen molar-refractivity contribution in [2.24, 2.45) is 5.41 Å². The van der Waals surface area contributed by atoms with Crippen molar-refractivity contribution in [2.45, 2.75) is 67.4 Å². The first-order chi connectivity index (χ1) is 8.70. The maximum atomic E-state index is 10.9. The maximum absolute atomic E-state index is 10.9. The second-order valence-electron chi connectivity index (χ2n) is 5.04. The standard InChI is InChI=1S/C11H24N2O2.2C2H6/c1-10(2,11(3,4)15)8-13-7-6-9(14)12-5;2*1-2/h13,15H,6-8H2,1-5H3,(H,12,14);2*1-2H3. The largest absolute Gasteiger partial charge is 0.390 e. The molecule has 0 saturated carbocycles. The third kappa shape index (κ3) is 12.2. The van der Waals surface area contributed by atoms with Crippen molar-refractivity contribution < 1.29 is 9.90 Å². The van der Waals surface area contributed by atoms with Gasteiger partial charge in [-0.3, -0.25) is 4.79 Å². The molecule has 0 aliphatic heterocycles. The molecule has 0 aliphatic carbocycles. The summed E-state index contributed by atoms with van der Waals surface area (Å²) < 4.78 is 0. The summed E-state index contributed by atoms with van der Waals surface area (Å²) in [6.07, 6.45) is 0.471. The summed E-state index contributed by atoms with van der Waals surface area (Å²) in [5, 5.41) is 15.6. The van der Waals surface area contributed by atoms with Crippen molar-refractivity contribution in [1.29, 1.82) is 0 Å². The molecule has 3 N–H and O–H groups in total. The highest BCUT2D eigenvalue weighted by Crippen LogP contribution is 2.29. The second-order valence-corrected chi connectivity index (χ2v) is 5.04. The van der Waals surface area contributed by atoms with Gasteiger partial charge in [-0.25, -0.2) is 0 Å². The van der Waals surface area contributed by atoms with Crippen molar-refractivity contribution in [3.8, 4) is 0 Å². The quantitative estimate of drug-likeness (QED) is 0.653. The highest BCUT2D eigenvalue weighted by atomic mass is 16.3. The number of carbonyl (C=O) groups is 1. The van der Waals surface area contributed by atoms with Crippen molar-refractivity contribution in [1.82, 2.24) is 10.6 Å². The van der Waals surface area contributed by atoms with Gasteiger partial charge < -0.3 is 15.7 Å². The normalized spacial score (nSPS) is 10.6. The Morgan fingerprint density at radius 2 is 1.47 bits per heavy atom. The Bertz CT molecular complexity index is 209. The molecule has 0 bridgehead atoms. The molecule has 0 saturated heterocycles. The molecule has 0 spiro atoms. The van der Waals surface area contributed by atoms with Gasteiger partial charge >= 0.3 is 0 Å². The third-order valence-electron chi connectivity index (χ3n) is 3.03. The molecule has 4 nitrogen and oxygen atoms in total. The van der Waals surface area contributed by atoms with Crippen LogP contribution in [0.4, 0.5) is 0 Å². The van der Waals surface area contributed by atoms with E-state index < -0.39 is 5.60 Å². The van der Waals surface area contributed by atoms with Crippen molar-refractivity contribution in [3.63, 3.8) is 0 Å². The fourth-order valence-electron chi connectivity index (χ4n) is 0.944. The number of amides is 1. The molecular weight excluding hydrogens is 240 g/mol. The van der Waals surface area contributed by atoms with Crippen LogP contribution in [0.25, 0.3) is 0 Å². The first kappa shape index (κ1) is 23.5. The zero-order valence-electron chi connectivity index (χ0n) is 14.5. The molecule has 0 radical (unpaired) electrons. The number of rotatable bonds is 6. The lowest BCUT2D eigenvalue weighted by Crippen LogP contribution is -2.46. The van der Waals surface area contributed by atoms with Crippen LogP contribution >= 0.6 is 0 Å². The molecule has 0 aromatic carbocycles. The van der Waals surface area contributed by atoms with Crippen LogP contribution < -0.4 is 10.6 Å². The Morgan fingerprint density at radius 3 is 1.79 bits per heavy atom. The van der Waals surface area contributed by atoms with E-state index in [0.717, 1.165) is 0 Å². The fraction of sp³-hybridized carbons (Fsp3) is 0.933. The summed E-state index contributed by atoms with van der Waals surface area (Å²) in [4.78, 5) is 10.9. The number of aliphatic hydroxyl groups is 1. The summed E-state index contributed by atoms with van der Waals surface area (Å²) in [7, 11) is 1.63. The average molecular weight is 276 g/mol. The molecule has 0 aliphatic rings. The topological polar surface area (TPSA) is 61.4 Å². The molecule has 0 atom stereocenters. The predicted molar refractivity (Wildman–Crippen MR) is 84.3 cm³/mol. The molecule has 0 unspecified atom stereocenters. The van der Waals surface area contributed by atoms with Crippen LogP contribution in [-0.4, -0.2) is 36.8 Å². The van der Waals surface area contributed by atoms with Crippen LogP contribution in [0.5, 0.6) is 0 Å². The number of hydrogen-bond donors (Lipinski definition) is 3. The van der Waals surface area contributed by atoms with E-state index in [1.807, 2.05) is 41.5 Å². The van der Waals surface area contributed by atoms with Gasteiger partial charge in [-0.05, 0) is 13.8 Å². The molecule has 4 heteroatoms. The molecule has 118 valence electrons. The minimum Gasteiger partial charge on any atom is -0.390 e. The van der Waals surface area contributed by atoms with Crippen molar-refractivity contribution in [2.75, 3.05) is 20.1 Å². The molecule has 0 rings (SSSR count). The van der Waals surface area contributed by atoms with Gasteiger partial charge in [-0.1, -0.05) is 41.5 Å². The van der Waals surface area contributed by atoms with Crippen LogP contribution in [0.3, 0.4) is 0 Å². The number of nitrogens with one attached hydrogen (secondary N) is 2. The zero-order chi connectivity index (χ0) is 16.1. The van der Waals surface area contributed by atoms with Gasteiger partial charge in [0, 0.05) is 32.0 Å².